The summed E-state index contributed by atoms with van der Waals surface area (Å²) in [5.41, 5.74) is 3.29. The standard InChI is InChI=1S/C22H27NO/c1-24-20-16-21(23-17-18-8-4-2-5-9-18)12-14-22(20,15-13-21)19-10-6-3-7-11-19/h2-11,20,23H,12-17H2,1H3. The third kappa shape index (κ3) is 2.68. The Morgan fingerprint density at radius 1 is 0.917 bits per heavy atom. The number of benzene rings is 2. The van der Waals surface area contributed by atoms with E-state index < -0.39 is 0 Å². The van der Waals surface area contributed by atoms with E-state index >= 15 is 0 Å². The van der Waals surface area contributed by atoms with E-state index in [0.717, 1.165) is 13.0 Å². The summed E-state index contributed by atoms with van der Waals surface area (Å²) in [6.45, 7) is 0.954. The molecule has 5 rings (SSSR count). The lowest BCUT2D eigenvalue weighted by atomic mass is 9.53. The molecule has 0 radical (unpaired) electrons. The van der Waals surface area contributed by atoms with Gasteiger partial charge in [-0.2, -0.15) is 0 Å². The number of hydrogen-bond acceptors (Lipinski definition) is 2. The molecule has 24 heavy (non-hydrogen) atoms. The first-order valence-corrected chi connectivity index (χ1v) is 9.14. The fraction of sp³-hybridized carbons (Fsp3) is 0.455. The largest absolute Gasteiger partial charge is 0.380 e. The smallest absolute Gasteiger partial charge is 0.0685 e. The molecule has 1 atom stereocenters. The second-order valence-corrected chi connectivity index (χ2v) is 7.57. The highest BCUT2D eigenvalue weighted by Crippen LogP contribution is 2.54. The number of nitrogens with one attached hydrogen (secondary N) is 1. The molecule has 1 unspecified atom stereocenters. The molecular weight excluding hydrogens is 294 g/mol. The Hall–Kier alpha value is -1.64. The summed E-state index contributed by atoms with van der Waals surface area (Å²) in [6, 6.07) is 21.8. The predicted molar refractivity (Wildman–Crippen MR) is 98.0 cm³/mol. The molecular formula is C22H27NO. The maximum atomic E-state index is 6.02. The summed E-state index contributed by atoms with van der Waals surface area (Å²) in [5, 5.41) is 3.89. The Morgan fingerprint density at radius 2 is 1.54 bits per heavy atom. The molecule has 0 saturated heterocycles. The summed E-state index contributed by atoms with van der Waals surface area (Å²) in [6.07, 6.45) is 6.36. The Morgan fingerprint density at radius 3 is 2.17 bits per heavy atom. The fourth-order valence-electron chi connectivity index (χ4n) is 4.94. The molecule has 3 saturated carbocycles. The van der Waals surface area contributed by atoms with Crippen LogP contribution < -0.4 is 5.32 Å². The minimum Gasteiger partial charge on any atom is -0.380 e. The maximum Gasteiger partial charge on any atom is 0.0685 e. The van der Waals surface area contributed by atoms with Gasteiger partial charge in [0.25, 0.3) is 0 Å². The first kappa shape index (κ1) is 15.9. The number of fused-ring (bicyclic) bond motifs is 3. The Labute approximate surface area is 145 Å². The van der Waals surface area contributed by atoms with Crippen molar-refractivity contribution >= 4 is 0 Å². The first-order chi connectivity index (χ1) is 11.8. The van der Waals surface area contributed by atoms with E-state index in [-0.39, 0.29) is 11.0 Å². The van der Waals surface area contributed by atoms with Crippen molar-refractivity contribution in [2.24, 2.45) is 0 Å². The van der Waals surface area contributed by atoms with Crippen LogP contribution in [-0.4, -0.2) is 18.8 Å². The van der Waals surface area contributed by atoms with Crippen molar-refractivity contribution in [3.05, 3.63) is 71.8 Å². The van der Waals surface area contributed by atoms with Gasteiger partial charge in [-0.05, 0) is 43.2 Å². The molecule has 2 bridgehead atoms. The van der Waals surface area contributed by atoms with Crippen LogP contribution in [-0.2, 0) is 16.7 Å². The molecule has 1 N–H and O–H groups in total. The normalized spacial score (nSPS) is 32.0. The van der Waals surface area contributed by atoms with Gasteiger partial charge in [0.2, 0.25) is 0 Å². The lowest BCUT2D eigenvalue weighted by Crippen LogP contribution is -2.62. The molecule has 0 heterocycles. The van der Waals surface area contributed by atoms with Gasteiger partial charge < -0.3 is 10.1 Å². The number of methoxy groups -OCH3 is 1. The Bertz CT molecular complexity index is 659. The minimum absolute atomic E-state index is 0.214. The van der Waals surface area contributed by atoms with Crippen molar-refractivity contribution in [2.45, 2.75) is 55.7 Å². The van der Waals surface area contributed by atoms with E-state index in [1.807, 2.05) is 7.11 Å². The molecule has 0 aromatic heterocycles. The summed E-state index contributed by atoms with van der Waals surface area (Å²) in [4.78, 5) is 0. The molecule has 3 aliphatic rings. The van der Waals surface area contributed by atoms with E-state index in [1.54, 1.807) is 0 Å². The monoisotopic (exact) mass is 321 g/mol. The molecule has 0 amide bonds. The van der Waals surface area contributed by atoms with Crippen molar-refractivity contribution in [2.75, 3.05) is 7.11 Å². The summed E-state index contributed by atoms with van der Waals surface area (Å²) < 4.78 is 6.02. The SMILES string of the molecule is COC1CC2(NCc3ccccc3)CCC1(c1ccccc1)CC2. The number of ether oxygens (including phenoxy) is 1. The van der Waals surface area contributed by atoms with Crippen molar-refractivity contribution in [3.8, 4) is 0 Å². The summed E-state index contributed by atoms with van der Waals surface area (Å²) >= 11 is 0. The second kappa shape index (κ2) is 6.34. The van der Waals surface area contributed by atoms with Crippen LogP contribution in [0.3, 0.4) is 0 Å². The summed E-state index contributed by atoms with van der Waals surface area (Å²) in [7, 11) is 1.89. The van der Waals surface area contributed by atoms with E-state index in [2.05, 4.69) is 66.0 Å². The van der Waals surface area contributed by atoms with Gasteiger partial charge in [-0.15, -0.1) is 0 Å². The molecule has 3 fully saturated rings. The lowest BCUT2D eigenvalue weighted by molar-refractivity contribution is -0.0729. The Balaban J connectivity index is 1.53. The topological polar surface area (TPSA) is 21.3 Å². The van der Waals surface area contributed by atoms with Crippen LogP contribution >= 0.6 is 0 Å². The van der Waals surface area contributed by atoms with Gasteiger partial charge in [0.1, 0.15) is 0 Å². The van der Waals surface area contributed by atoms with Crippen LogP contribution in [0.25, 0.3) is 0 Å². The van der Waals surface area contributed by atoms with Crippen molar-refractivity contribution in [1.29, 1.82) is 0 Å². The van der Waals surface area contributed by atoms with Gasteiger partial charge in [0.15, 0.2) is 0 Å². The highest BCUT2D eigenvalue weighted by molar-refractivity contribution is 5.32. The van der Waals surface area contributed by atoms with Crippen LogP contribution in [0.15, 0.2) is 60.7 Å². The number of rotatable bonds is 5. The van der Waals surface area contributed by atoms with E-state index in [4.69, 9.17) is 4.74 Å². The van der Waals surface area contributed by atoms with Crippen LogP contribution in [0.2, 0.25) is 0 Å². The van der Waals surface area contributed by atoms with Crippen LogP contribution in [0.1, 0.15) is 43.2 Å². The molecule has 2 nitrogen and oxygen atoms in total. The fourth-order valence-corrected chi connectivity index (χ4v) is 4.94. The van der Waals surface area contributed by atoms with Crippen LogP contribution in [0.4, 0.5) is 0 Å². The van der Waals surface area contributed by atoms with Gasteiger partial charge in [0.05, 0.1) is 6.10 Å². The maximum absolute atomic E-state index is 6.02. The molecule has 0 aliphatic heterocycles. The second-order valence-electron chi connectivity index (χ2n) is 7.57. The van der Waals surface area contributed by atoms with Crippen molar-refractivity contribution in [1.82, 2.24) is 5.32 Å². The lowest BCUT2D eigenvalue weighted by Gasteiger charge is -2.58. The molecule has 2 aromatic rings. The molecule has 2 heteroatoms. The van der Waals surface area contributed by atoms with E-state index in [1.165, 1.54) is 36.8 Å². The van der Waals surface area contributed by atoms with Gasteiger partial charge in [-0.1, -0.05) is 60.7 Å². The van der Waals surface area contributed by atoms with Crippen LogP contribution in [0.5, 0.6) is 0 Å². The zero-order valence-electron chi connectivity index (χ0n) is 14.5. The van der Waals surface area contributed by atoms with E-state index in [9.17, 15) is 0 Å². The third-order valence-corrected chi connectivity index (χ3v) is 6.44. The highest BCUT2D eigenvalue weighted by Gasteiger charge is 2.55. The van der Waals surface area contributed by atoms with Gasteiger partial charge >= 0.3 is 0 Å². The zero-order valence-corrected chi connectivity index (χ0v) is 14.5. The number of hydrogen-bond donors (Lipinski definition) is 1. The highest BCUT2D eigenvalue weighted by atomic mass is 16.5. The van der Waals surface area contributed by atoms with E-state index in [0.29, 0.717) is 6.10 Å². The molecule has 0 spiro atoms. The van der Waals surface area contributed by atoms with Crippen LogP contribution in [0, 0.1) is 0 Å². The quantitative estimate of drug-likeness (QED) is 0.879. The molecule has 126 valence electrons. The van der Waals surface area contributed by atoms with Gasteiger partial charge in [-0.25, -0.2) is 0 Å². The first-order valence-electron chi connectivity index (χ1n) is 9.14. The molecule has 3 aliphatic carbocycles. The van der Waals surface area contributed by atoms with Gasteiger partial charge in [-0.3, -0.25) is 0 Å². The zero-order chi connectivity index (χ0) is 16.5. The third-order valence-electron chi connectivity index (χ3n) is 6.44. The summed E-state index contributed by atoms with van der Waals surface area (Å²) in [5.74, 6) is 0. The van der Waals surface area contributed by atoms with Gasteiger partial charge in [0, 0.05) is 24.6 Å². The molecule has 2 aromatic carbocycles. The predicted octanol–water partition coefficient (Wildman–Crippen LogP) is 4.45. The average Bonchev–Trinajstić information content (AvgIpc) is 2.69. The Kier molecular flexibility index (Phi) is 4.19. The average molecular weight is 321 g/mol. The van der Waals surface area contributed by atoms with Crippen molar-refractivity contribution < 1.29 is 4.74 Å². The van der Waals surface area contributed by atoms with Crippen molar-refractivity contribution in [3.63, 3.8) is 0 Å². The minimum atomic E-state index is 0.214.